The van der Waals surface area contributed by atoms with Gasteiger partial charge in [-0.3, -0.25) is 10.1 Å². The van der Waals surface area contributed by atoms with Gasteiger partial charge >= 0.3 is 0 Å². The highest BCUT2D eigenvalue weighted by molar-refractivity contribution is 9.10. The monoisotopic (exact) mass is 352 g/mol. The minimum Gasteiger partial charge on any atom is -0.381 e. The lowest BCUT2D eigenvalue weighted by molar-refractivity contribution is -0.385. The van der Waals surface area contributed by atoms with Crippen LogP contribution in [0.4, 0.5) is 15.8 Å². The van der Waals surface area contributed by atoms with Crippen LogP contribution in [-0.4, -0.2) is 4.92 Å². The third-order valence-corrected chi connectivity index (χ3v) is 3.79. The van der Waals surface area contributed by atoms with Crippen molar-refractivity contribution in [1.82, 2.24) is 0 Å². The first-order valence-electron chi connectivity index (χ1n) is 6.46. The summed E-state index contributed by atoms with van der Waals surface area (Å²) in [7, 11) is 0. The summed E-state index contributed by atoms with van der Waals surface area (Å²) in [6.07, 6.45) is 0.606. The predicted octanol–water partition coefficient (Wildman–Crippen LogP) is 4.67. The Kier molecular flexibility index (Phi) is 4.90. The molecule has 0 aliphatic rings. The van der Waals surface area contributed by atoms with Crippen molar-refractivity contribution in [1.29, 1.82) is 0 Å². The SMILES string of the molecule is CCc1ccc(NCc2ccc(Br)c(F)c2)cc1[N+](=O)[O-]. The maximum Gasteiger partial charge on any atom is 0.274 e. The highest BCUT2D eigenvalue weighted by Crippen LogP contribution is 2.24. The van der Waals surface area contributed by atoms with Crippen LogP contribution < -0.4 is 5.32 Å². The fourth-order valence-corrected chi connectivity index (χ4v) is 2.24. The summed E-state index contributed by atoms with van der Waals surface area (Å²) in [6.45, 7) is 2.27. The third kappa shape index (κ3) is 3.78. The Balaban J connectivity index is 2.14. The second-order valence-electron chi connectivity index (χ2n) is 4.56. The van der Waals surface area contributed by atoms with Crippen molar-refractivity contribution in [3.8, 4) is 0 Å². The minimum absolute atomic E-state index is 0.101. The number of anilines is 1. The van der Waals surface area contributed by atoms with E-state index >= 15 is 0 Å². The van der Waals surface area contributed by atoms with Gasteiger partial charge in [-0.15, -0.1) is 0 Å². The largest absolute Gasteiger partial charge is 0.381 e. The summed E-state index contributed by atoms with van der Waals surface area (Å²) in [6, 6.07) is 9.88. The van der Waals surface area contributed by atoms with Crippen LogP contribution in [0, 0.1) is 15.9 Å². The summed E-state index contributed by atoms with van der Waals surface area (Å²) >= 11 is 3.10. The lowest BCUT2D eigenvalue weighted by atomic mass is 10.1. The van der Waals surface area contributed by atoms with Crippen molar-refractivity contribution < 1.29 is 9.31 Å². The van der Waals surface area contributed by atoms with E-state index in [1.165, 1.54) is 12.1 Å². The molecule has 2 aromatic rings. The highest BCUT2D eigenvalue weighted by atomic mass is 79.9. The van der Waals surface area contributed by atoms with Crippen LogP contribution in [0.15, 0.2) is 40.9 Å². The molecule has 2 aromatic carbocycles. The molecule has 0 heterocycles. The zero-order valence-corrected chi connectivity index (χ0v) is 13.0. The first kappa shape index (κ1) is 15.4. The Morgan fingerprint density at radius 3 is 2.67 bits per heavy atom. The summed E-state index contributed by atoms with van der Waals surface area (Å²) in [5.74, 6) is -0.332. The second-order valence-corrected chi connectivity index (χ2v) is 5.41. The Morgan fingerprint density at radius 1 is 1.29 bits per heavy atom. The van der Waals surface area contributed by atoms with Crippen molar-refractivity contribution in [2.75, 3.05) is 5.32 Å². The molecule has 0 aromatic heterocycles. The molecule has 4 nitrogen and oxygen atoms in total. The zero-order valence-electron chi connectivity index (χ0n) is 11.4. The van der Waals surface area contributed by atoms with Crippen molar-refractivity contribution in [2.24, 2.45) is 0 Å². The molecule has 0 fully saturated rings. The van der Waals surface area contributed by atoms with Gasteiger partial charge in [0.05, 0.1) is 9.40 Å². The van der Waals surface area contributed by atoms with Gasteiger partial charge in [0, 0.05) is 23.9 Å². The van der Waals surface area contributed by atoms with Crippen LogP contribution in [0.1, 0.15) is 18.1 Å². The van der Waals surface area contributed by atoms with E-state index in [0.29, 0.717) is 28.7 Å². The summed E-state index contributed by atoms with van der Waals surface area (Å²) in [5, 5.41) is 14.1. The minimum atomic E-state index is -0.386. The molecule has 0 saturated carbocycles. The number of halogens is 2. The zero-order chi connectivity index (χ0) is 15.4. The molecule has 6 heteroatoms. The first-order valence-corrected chi connectivity index (χ1v) is 7.25. The van der Waals surface area contributed by atoms with Gasteiger partial charge in [0.15, 0.2) is 0 Å². The van der Waals surface area contributed by atoms with Gasteiger partial charge in [-0.1, -0.05) is 19.1 Å². The molecule has 1 N–H and O–H groups in total. The van der Waals surface area contributed by atoms with Gasteiger partial charge in [-0.25, -0.2) is 4.39 Å². The maximum absolute atomic E-state index is 13.4. The molecule has 0 atom stereocenters. The van der Waals surface area contributed by atoms with E-state index in [9.17, 15) is 14.5 Å². The Labute approximate surface area is 130 Å². The Hall–Kier alpha value is -1.95. The van der Waals surface area contributed by atoms with Gasteiger partial charge < -0.3 is 5.32 Å². The Morgan fingerprint density at radius 2 is 2.05 bits per heavy atom. The fraction of sp³-hybridized carbons (Fsp3) is 0.200. The second kappa shape index (κ2) is 6.67. The molecule has 0 unspecified atom stereocenters. The van der Waals surface area contributed by atoms with Crippen molar-refractivity contribution in [3.05, 3.63) is 67.9 Å². The van der Waals surface area contributed by atoms with E-state index < -0.39 is 0 Å². The number of benzene rings is 2. The van der Waals surface area contributed by atoms with E-state index in [2.05, 4.69) is 21.2 Å². The van der Waals surface area contributed by atoms with E-state index in [0.717, 1.165) is 5.56 Å². The van der Waals surface area contributed by atoms with E-state index in [1.807, 2.05) is 6.92 Å². The maximum atomic E-state index is 13.4. The number of nitro benzene ring substituents is 1. The van der Waals surface area contributed by atoms with Crippen LogP contribution in [0.2, 0.25) is 0 Å². The Bertz CT molecular complexity index is 677. The molecule has 0 saturated heterocycles. The highest BCUT2D eigenvalue weighted by Gasteiger charge is 2.12. The average molecular weight is 353 g/mol. The predicted molar refractivity (Wildman–Crippen MR) is 83.9 cm³/mol. The number of aryl methyl sites for hydroxylation is 1. The van der Waals surface area contributed by atoms with E-state index in [1.54, 1.807) is 24.3 Å². The number of nitro groups is 1. The summed E-state index contributed by atoms with van der Waals surface area (Å²) < 4.78 is 13.8. The molecule has 110 valence electrons. The lowest BCUT2D eigenvalue weighted by Gasteiger charge is -2.08. The third-order valence-electron chi connectivity index (χ3n) is 3.14. The van der Waals surface area contributed by atoms with Crippen molar-refractivity contribution in [3.63, 3.8) is 0 Å². The van der Waals surface area contributed by atoms with Crippen molar-refractivity contribution in [2.45, 2.75) is 19.9 Å². The molecule has 0 radical (unpaired) electrons. The quantitative estimate of drug-likeness (QED) is 0.628. The van der Waals surface area contributed by atoms with Gasteiger partial charge in [0.2, 0.25) is 0 Å². The summed E-state index contributed by atoms with van der Waals surface area (Å²) in [5.41, 5.74) is 2.20. The average Bonchev–Trinajstić information content (AvgIpc) is 2.48. The van der Waals surface area contributed by atoms with Crippen LogP contribution >= 0.6 is 15.9 Å². The molecule has 0 spiro atoms. The summed E-state index contributed by atoms with van der Waals surface area (Å²) in [4.78, 5) is 10.6. The first-order chi connectivity index (χ1) is 10.0. The number of nitrogens with one attached hydrogen (secondary N) is 1. The molecule has 0 amide bonds. The van der Waals surface area contributed by atoms with Gasteiger partial charge in [0.25, 0.3) is 5.69 Å². The topological polar surface area (TPSA) is 55.2 Å². The molecule has 0 bridgehead atoms. The number of hydrogen-bond donors (Lipinski definition) is 1. The van der Waals surface area contributed by atoms with E-state index in [4.69, 9.17) is 0 Å². The van der Waals surface area contributed by atoms with Gasteiger partial charge in [-0.05, 0) is 46.1 Å². The van der Waals surface area contributed by atoms with Crippen LogP contribution in [0.25, 0.3) is 0 Å². The van der Waals surface area contributed by atoms with Crippen molar-refractivity contribution >= 4 is 27.3 Å². The standard InChI is InChI=1S/C15H14BrFN2O2/c1-2-11-4-5-12(8-15(11)19(20)21)18-9-10-3-6-13(16)14(17)7-10/h3-8,18H,2,9H2,1H3. The normalized spacial score (nSPS) is 10.4. The molecule has 0 aliphatic carbocycles. The smallest absolute Gasteiger partial charge is 0.274 e. The van der Waals surface area contributed by atoms with Crippen LogP contribution in [0.3, 0.4) is 0 Å². The van der Waals surface area contributed by atoms with Crippen LogP contribution in [0.5, 0.6) is 0 Å². The number of rotatable bonds is 5. The van der Waals surface area contributed by atoms with Gasteiger partial charge in [0.1, 0.15) is 5.82 Å². The number of nitrogens with zero attached hydrogens (tertiary/aromatic N) is 1. The molecule has 0 aliphatic heterocycles. The van der Waals surface area contributed by atoms with Crippen LogP contribution in [-0.2, 0) is 13.0 Å². The molecular weight excluding hydrogens is 339 g/mol. The van der Waals surface area contributed by atoms with Gasteiger partial charge in [-0.2, -0.15) is 0 Å². The molecule has 2 rings (SSSR count). The molecular formula is C15H14BrFN2O2. The number of hydrogen-bond acceptors (Lipinski definition) is 3. The van der Waals surface area contributed by atoms with E-state index in [-0.39, 0.29) is 16.4 Å². The lowest BCUT2D eigenvalue weighted by Crippen LogP contribution is -2.02. The fourth-order valence-electron chi connectivity index (χ4n) is 2.00. The molecule has 21 heavy (non-hydrogen) atoms.